The van der Waals surface area contributed by atoms with Crippen LogP contribution < -0.4 is 15.7 Å². The molecule has 0 fully saturated rings. The van der Waals surface area contributed by atoms with Gasteiger partial charge in [-0.15, -0.1) is 0 Å². The van der Waals surface area contributed by atoms with Gasteiger partial charge in [-0.3, -0.25) is 4.79 Å². The van der Waals surface area contributed by atoms with Crippen LogP contribution in [0.5, 0.6) is 5.75 Å². The van der Waals surface area contributed by atoms with E-state index in [4.69, 9.17) is 9.15 Å². The van der Waals surface area contributed by atoms with E-state index >= 15 is 0 Å². The first-order valence-electron chi connectivity index (χ1n) is 7.07. The van der Waals surface area contributed by atoms with Gasteiger partial charge in [-0.05, 0) is 36.8 Å². The van der Waals surface area contributed by atoms with Gasteiger partial charge in [-0.25, -0.2) is 4.79 Å². The van der Waals surface area contributed by atoms with E-state index in [1.54, 1.807) is 24.3 Å². The van der Waals surface area contributed by atoms with Crippen molar-refractivity contribution in [1.82, 2.24) is 0 Å². The van der Waals surface area contributed by atoms with Crippen LogP contribution in [0, 0.1) is 6.92 Å². The molecule has 116 valence electrons. The second-order valence-corrected chi connectivity index (χ2v) is 5.16. The molecule has 0 aliphatic rings. The molecule has 0 radical (unpaired) electrons. The Morgan fingerprint density at radius 1 is 1.13 bits per heavy atom. The predicted octanol–water partition coefficient (Wildman–Crippen LogP) is 3.36. The summed E-state index contributed by atoms with van der Waals surface area (Å²) in [6.07, 6.45) is 0. The van der Waals surface area contributed by atoms with Crippen molar-refractivity contribution in [2.45, 2.75) is 6.92 Å². The zero-order valence-corrected chi connectivity index (χ0v) is 12.8. The van der Waals surface area contributed by atoms with E-state index in [2.05, 4.69) is 5.32 Å². The standard InChI is InChI=1S/C18H15NO4/c1-11-4-3-5-12(8-11)19-18(21)15-10-17(20)23-16-9-13(22-2)6-7-14(15)16/h3-10H,1-2H3,(H,19,21). The van der Waals surface area contributed by atoms with Gasteiger partial charge in [0.15, 0.2) is 0 Å². The first kappa shape index (κ1) is 14.8. The second-order valence-electron chi connectivity index (χ2n) is 5.16. The molecule has 23 heavy (non-hydrogen) atoms. The van der Waals surface area contributed by atoms with Crippen molar-refractivity contribution in [3.8, 4) is 5.75 Å². The fraction of sp³-hybridized carbons (Fsp3) is 0.111. The minimum atomic E-state index is -0.583. The highest BCUT2D eigenvalue weighted by atomic mass is 16.5. The maximum absolute atomic E-state index is 12.5. The Kier molecular flexibility index (Phi) is 3.85. The normalized spacial score (nSPS) is 10.5. The molecule has 0 bridgehead atoms. The molecular formula is C18H15NO4. The SMILES string of the molecule is COc1ccc2c(C(=O)Nc3cccc(C)c3)cc(=O)oc2c1. The largest absolute Gasteiger partial charge is 0.497 e. The summed E-state index contributed by atoms with van der Waals surface area (Å²) in [5.74, 6) is 0.190. The number of carbonyl (C=O) groups excluding carboxylic acids is 1. The Bertz CT molecular complexity index is 943. The fourth-order valence-corrected chi connectivity index (χ4v) is 2.38. The molecule has 0 aliphatic carbocycles. The van der Waals surface area contributed by atoms with Crippen LogP contribution in [0.4, 0.5) is 5.69 Å². The van der Waals surface area contributed by atoms with Crippen molar-refractivity contribution in [1.29, 1.82) is 0 Å². The van der Waals surface area contributed by atoms with Gasteiger partial charge in [-0.2, -0.15) is 0 Å². The van der Waals surface area contributed by atoms with E-state index in [1.807, 2.05) is 25.1 Å². The molecule has 3 rings (SSSR count). The molecule has 0 atom stereocenters. The zero-order valence-electron chi connectivity index (χ0n) is 12.8. The molecule has 5 heteroatoms. The van der Waals surface area contributed by atoms with E-state index < -0.39 is 5.63 Å². The fourth-order valence-electron chi connectivity index (χ4n) is 2.38. The summed E-state index contributed by atoms with van der Waals surface area (Å²) in [4.78, 5) is 24.3. The van der Waals surface area contributed by atoms with E-state index in [9.17, 15) is 9.59 Å². The monoisotopic (exact) mass is 309 g/mol. The number of carbonyl (C=O) groups is 1. The topological polar surface area (TPSA) is 68.5 Å². The lowest BCUT2D eigenvalue weighted by Crippen LogP contribution is -2.15. The van der Waals surface area contributed by atoms with Gasteiger partial charge in [0.05, 0.1) is 12.7 Å². The summed E-state index contributed by atoms with van der Waals surface area (Å²) in [6, 6.07) is 13.6. The van der Waals surface area contributed by atoms with Crippen LogP contribution in [-0.2, 0) is 0 Å². The number of methoxy groups -OCH3 is 1. The van der Waals surface area contributed by atoms with Crippen LogP contribution >= 0.6 is 0 Å². The van der Waals surface area contributed by atoms with Crippen LogP contribution in [0.2, 0.25) is 0 Å². The Labute approximate surface area is 132 Å². The lowest BCUT2D eigenvalue weighted by molar-refractivity contribution is 0.102. The van der Waals surface area contributed by atoms with Gasteiger partial charge >= 0.3 is 5.63 Å². The number of amides is 1. The third-order valence-electron chi connectivity index (χ3n) is 3.47. The summed E-state index contributed by atoms with van der Waals surface area (Å²) in [5, 5.41) is 3.35. The molecule has 1 aromatic heterocycles. The molecule has 3 aromatic rings. The summed E-state index contributed by atoms with van der Waals surface area (Å²) in [5.41, 5.74) is 1.70. The first-order chi connectivity index (χ1) is 11.1. The lowest BCUT2D eigenvalue weighted by atomic mass is 10.1. The minimum absolute atomic E-state index is 0.264. The number of ether oxygens (including phenoxy) is 1. The Morgan fingerprint density at radius 3 is 2.70 bits per heavy atom. The molecule has 1 heterocycles. The highest BCUT2D eigenvalue weighted by molar-refractivity contribution is 6.12. The van der Waals surface area contributed by atoms with Crippen molar-refractivity contribution in [3.05, 3.63) is 70.1 Å². The molecule has 5 nitrogen and oxygen atoms in total. The molecule has 0 unspecified atom stereocenters. The zero-order chi connectivity index (χ0) is 16.4. The predicted molar refractivity (Wildman–Crippen MR) is 88.2 cm³/mol. The Balaban J connectivity index is 2.04. The number of nitrogens with one attached hydrogen (secondary N) is 1. The first-order valence-corrected chi connectivity index (χ1v) is 7.07. The molecule has 0 spiro atoms. The average Bonchev–Trinajstić information content (AvgIpc) is 2.53. The number of hydrogen-bond acceptors (Lipinski definition) is 4. The minimum Gasteiger partial charge on any atom is -0.497 e. The third kappa shape index (κ3) is 3.08. The van der Waals surface area contributed by atoms with Gasteiger partial charge in [0.25, 0.3) is 5.91 Å². The van der Waals surface area contributed by atoms with E-state index in [-0.39, 0.29) is 11.5 Å². The van der Waals surface area contributed by atoms with Crippen LogP contribution in [-0.4, -0.2) is 13.0 Å². The number of benzene rings is 2. The number of anilines is 1. The molecule has 2 aromatic carbocycles. The van der Waals surface area contributed by atoms with Gasteiger partial charge in [0.2, 0.25) is 0 Å². The quantitative estimate of drug-likeness (QED) is 0.753. The van der Waals surface area contributed by atoms with Gasteiger partial charge in [0.1, 0.15) is 11.3 Å². The van der Waals surface area contributed by atoms with E-state index in [1.165, 1.54) is 13.2 Å². The van der Waals surface area contributed by atoms with E-state index in [0.29, 0.717) is 22.4 Å². The number of fused-ring (bicyclic) bond motifs is 1. The van der Waals surface area contributed by atoms with Crippen LogP contribution in [0.25, 0.3) is 11.0 Å². The molecule has 0 saturated heterocycles. The lowest BCUT2D eigenvalue weighted by Gasteiger charge is -2.08. The molecule has 0 saturated carbocycles. The van der Waals surface area contributed by atoms with E-state index in [0.717, 1.165) is 5.56 Å². The summed E-state index contributed by atoms with van der Waals surface area (Å²) >= 11 is 0. The Morgan fingerprint density at radius 2 is 1.96 bits per heavy atom. The Hall–Kier alpha value is -3.08. The second kappa shape index (κ2) is 5.96. The highest BCUT2D eigenvalue weighted by Gasteiger charge is 2.14. The van der Waals surface area contributed by atoms with Gasteiger partial charge in [-0.1, -0.05) is 12.1 Å². The van der Waals surface area contributed by atoms with Crippen molar-refractivity contribution in [3.63, 3.8) is 0 Å². The maximum Gasteiger partial charge on any atom is 0.337 e. The molecule has 1 N–H and O–H groups in total. The average molecular weight is 309 g/mol. The summed E-state index contributed by atoms with van der Waals surface area (Å²) in [7, 11) is 1.52. The van der Waals surface area contributed by atoms with Crippen LogP contribution in [0.3, 0.4) is 0 Å². The van der Waals surface area contributed by atoms with Crippen molar-refractivity contribution >= 4 is 22.6 Å². The number of aryl methyl sites for hydroxylation is 1. The van der Waals surface area contributed by atoms with Crippen molar-refractivity contribution in [2.75, 3.05) is 12.4 Å². The highest BCUT2D eigenvalue weighted by Crippen LogP contribution is 2.23. The third-order valence-corrected chi connectivity index (χ3v) is 3.47. The molecule has 1 amide bonds. The summed E-state index contributed by atoms with van der Waals surface area (Å²) in [6.45, 7) is 1.94. The van der Waals surface area contributed by atoms with Crippen molar-refractivity contribution < 1.29 is 13.9 Å². The summed E-state index contributed by atoms with van der Waals surface area (Å²) < 4.78 is 10.3. The smallest absolute Gasteiger partial charge is 0.337 e. The number of rotatable bonds is 3. The van der Waals surface area contributed by atoms with Crippen LogP contribution in [0.1, 0.15) is 15.9 Å². The number of hydrogen-bond donors (Lipinski definition) is 1. The van der Waals surface area contributed by atoms with Gasteiger partial charge in [0, 0.05) is 23.2 Å². The maximum atomic E-state index is 12.5. The molecular weight excluding hydrogens is 294 g/mol. The van der Waals surface area contributed by atoms with Crippen molar-refractivity contribution in [2.24, 2.45) is 0 Å². The van der Waals surface area contributed by atoms with Gasteiger partial charge < -0.3 is 14.5 Å². The molecule has 0 aliphatic heterocycles. The van der Waals surface area contributed by atoms with Crippen LogP contribution in [0.15, 0.2) is 57.7 Å².